The lowest BCUT2D eigenvalue weighted by atomic mass is 10.1. The van der Waals surface area contributed by atoms with Crippen molar-refractivity contribution in [2.45, 2.75) is 25.3 Å². The molecule has 0 saturated carbocycles. The van der Waals surface area contributed by atoms with Crippen molar-refractivity contribution in [2.75, 3.05) is 11.9 Å². The minimum Gasteiger partial charge on any atom is -0.452 e. The molecule has 1 amide bonds. The number of carbonyl (C=O) groups is 2. The minimum absolute atomic E-state index is 0.0418. The smallest absolute Gasteiger partial charge is 0.338 e. The summed E-state index contributed by atoms with van der Waals surface area (Å²) in [6.07, 6.45) is 0. The Bertz CT molecular complexity index is 1260. The lowest BCUT2D eigenvalue weighted by Gasteiger charge is -2.12. The molecule has 0 aliphatic carbocycles. The van der Waals surface area contributed by atoms with Crippen LogP contribution in [0.3, 0.4) is 0 Å². The molecule has 0 heterocycles. The largest absolute Gasteiger partial charge is 0.452 e. The summed E-state index contributed by atoms with van der Waals surface area (Å²) in [5.41, 5.74) is 3.14. The molecule has 7 nitrogen and oxygen atoms in total. The van der Waals surface area contributed by atoms with E-state index in [0.717, 1.165) is 22.8 Å². The van der Waals surface area contributed by atoms with Crippen molar-refractivity contribution < 1.29 is 22.7 Å². The van der Waals surface area contributed by atoms with E-state index in [2.05, 4.69) is 10.0 Å². The van der Waals surface area contributed by atoms with Crippen molar-refractivity contribution in [3.05, 3.63) is 94.0 Å². The minimum atomic E-state index is -4.00. The zero-order valence-corrected chi connectivity index (χ0v) is 19.7. The lowest BCUT2D eigenvalue weighted by Crippen LogP contribution is -2.24. The predicted octanol–water partition coefficient (Wildman–Crippen LogP) is 4.23. The van der Waals surface area contributed by atoms with Gasteiger partial charge in [-0.3, -0.25) is 4.79 Å². The quantitative estimate of drug-likeness (QED) is 0.464. The van der Waals surface area contributed by atoms with Gasteiger partial charge in [0.2, 0.25) is 10.0 Å². The topological polar surface area (TPSA) is 102 Å². The second kappa shape index (κ2) is 10.6. The Hall–Kier alpha value is -3.20. The van der Waals surface area contributed by atoms with E-state index >= 15 is 0 Å². The maximum Gasteiger partial charge on any atom is 0.338 e. The highest BCUT2D eigenvalue weighted by Crippen LogP contribution is 2.24. The van der Waals surface area contributed by atoms with Crippen molar-refractivity contribution in [2.24, 2.45) is 0 Å². The molecular formula is C24H23ClN2O5S. The summed E-state index contributed by atoms with van der Waals surface area (Å²) in [5.74, 6) is -1.35. The Kier molecular flexibility index (Phi) is 7.86. The van der Waals surface area contributed by atoms with E-state index in [1.807, 2.05) is 38.1 Å². The molecule has 0 aliphatic heterocycles. The molecule has 0 unspecified atom stereocenters. The van der Waals surface area contributed by atoms with Crippen LogP contribution >= 0.6 is 11.6 Å². The molecule has 9 heteroatoms. The molecule has 0 spiro atoms. The van der Waals surface area contributed by atoms with E-state index in [1.54, 1.807) is 24.3 Å². The highest BCUT2D eigenvalue weighted by Gasteiger charge is 2.21. The summed E-state index contributed by atoms with van der Waals surface area (Å²) in [5, 5.41) is 2.68. The van der Waals surface area contributed by atoms with Crippen LogP contribution in [0.15, 0.2) is 71.6 Å². The molecule has 2 N–H and O–H groups in total. The van der Waals surface area contributed by atoms with Crippen LogP contribution in [0.5, 0.6) is 0 Å². The van der Waals surface area contributed by atoms with Crippen molar-refractivity contribution in [3.8, 4) is 0 Å². The highest BCUT2D eigenvalue weighted by molar-refractivity contribution is 7.89. The molecule has 3 aromatic carbocycles. The number of aryl methyl sites for hydroxylation is 2. The normalized spacial score (nSPS) is 11.1. The van der Waals surface area contributed by atoms with Gasteiger partial charge in [-0.2, -0.15) is 0 Å². The molecule has 33 heavy (non-hydrogen) atoms. The number of nitrogens with one attached hydrogen (secondary N) is 2. The van der Waals surface area contributed by atoms with Gasteiger partial charge < -0.3 is 10.1 Å². The molecule has 0 radical (unpaired) electrons. The Balaban J connectivity index is 1.66. The highest BCUT2D eigenvalue weighted by atomic mass is 35.5. The van der Waals surface area contributed by atoms with Gasteiger partial charge in [0, 0.05) is 12.2 Å². The first-order chi connectivity index (χ1) is 15.7. The van der Waals surface area contributed by atoms with Crippen molar-refractivity contribution in [1.82, 2.24) is 4.72 Å². The predicted molar refractivity (Wildman–Crippen MR) is 127 cm³/mol. The second-order valence-corrected chi connectivity index (χ2v) is 9.49. The SMILES string of the molecule is Cc1cccc(C)c1NC(=O)COC(=O)c1ccc(Cl)c(S(=O)(=O)NCc2ccccc2)c1. The molecule has 0 saturated heterocycles. The molecule has 0 aromatic heterocycles. The number of rotatable bonds is 8. The van der Waals surface area contributed by atoms with Gasteiger partial charge in [0.05, 0.1) is 10.6 Å². The third-order valence-corrected chi connectivity index (χ3v) is 6.73. The molecule has 0 aliphatic rings. The molecule has 0 bridgehead atoms. The van der Waals surface area contributed by atoms with Gasteiger partial charge in [-0.1, -0.05) is 60.1 Å². The number of halogens is 1. The third kappa shape index (κ3) is 6.41. The maximum absolute atomic E-state index is 12.7. The number of sulfonamides is 1. The number of anilines is 1. The number of carbonyl (C=O) groups excluding carboxylic acids is 2. The van der Waals surface area contributed by atoms with Gasteiger partial charge in [0.15, 0.2) is 6.61 Å². The molecule has 3 rings (SSSR count). The van der Waals surface area contributed by atoms with Gasteiger partial charge in [0.25, 0.3) is 5.91 Å². The average molecular weight is 487 g/mol. The standard InChI is InChI=1S/C24H23ClN2O5S/c1-16-7-6-8-17(2)23(16)27-22(28)15-32-24(29)19-11-12-20(25)21(13-19)33(30,31)26-14-18-9-4-3-5-10-18/h3-13,26H,14-15H2,1-2H3,(H,27,28). The van der Waals surface area contributed by atoms with Crippen molar-refractivity contribution >= 4 is 39.2 Å². The van der Waals surface area contributed by atoms with Crippen molar-refractivity contribution in [3.63, 3.8) is 0 Å². The zero-order chi connectivity index (χ0) is 24.0. The van der Waals surface area contributed by atoms with Crippen LogP contribution in [0.4, 0.5) is 5.69 Å². The Morgan fingerprint density at radius 1 is 0.939 bits per heavy atom. The summed E-state index contributed by atoms with van der Waals surface area (Å²) in [7, 11) is -4.00. The number of esters is 1. The molecule has 3 aromatic rings. The van der Waals surface area contributed by atoms with Crippen LogP contribution in [0.2, 0.25) is 5.02 Å². The van der Waals surface area contributed by atoms with E-state index in [4.69, 9.17) is 16.3 Å². The summed E-state index contributed by atoms with van der Waals surface area (Å²) < 4.78 is 33.0. The summed E-state index contributed by atoms with van der Waals surface area (Å²) in [4.78, 5) is 24.4. The fourth-order valence-electron chi connectivity index (χ4n) is 3.09. The van der Waals surface area contributed by atoms with E-state index in [0.29, 0.717) is 5.69 Å². The third-order valence-electron chi connectivity index (χ3n) is 4.85. The van der Waals surface area contributed by atoms with Gasteiger partial charge in [-0.25, -0.2) is 17.9 Å². The molecule has 0 atom stereocenters. The fraction of sp³-hybridized carbons (Fsp3) is 0.167. The van der Waals surface area contributed by atoms with Gasteiger partial charge >= 0.3 is 5.97 Å². The summed E-state index contributed by atoms with van der Waals surface area (Å²) in [6.45, 7) is 3.25. The fourth-order valence-corrected chi connectivity index (χ4v) is 4.63. The van der Waals surface area contributed by atoms with Gasteiger partial charge in [-0.05, 0) is 48.7 Å². The second-order valence-electron chi connectivity index (χ2n) is 7.35. The average Bonchev–Trinajstić information content (AvgIpc) is 2.79. The van der Waals surface area contributed by atoms with Crippen LogP contribution in [0, 0.1) is 13.8 Å². The molecule has 172 valence electrons. The van der Waals surface area contributed by atoms with E-state index in [1.165, 1.54) is 12.1 Å². The van der Waals surface area contributed by atoms with Crippen LogP contribution in [0.25, 0.3) is 0 Å². The first kappa shape index (κ1) is 24.4. The van der Waals surface area contributed by atoms with Crippen molar-refractivity contribution in [1.29, 1.82) is 0 Å². The number of amides is 1. The Morgan fingerprint density at radius 3 is 2.27 bits per heavy atom. The van der Waals surface area contributed by atoms with Crippen LogP contribution in [-0.2, 0) is 26.1 Å². The number of benzene rings is 3. The number of hydrogen-bond donors (Lipinski definition) is 2. The number of hydrogen-bond acceptors (Lipinski definition) is 5. The molecular weight excluding hydrogens is 464 g/mol. The van der Waals surface area contributed by atoms with E-state index in [-0.39, 0.29) is 22.0 Å². The van der Waals surface area contributed by atoms with E-state index in [9.17, 15) is 18.0 Å². The monoisotopic (exact) mass is 486 g/mol. The van der Waals surface area contributed by atoms with Gasteiger partial charge in [-0.15, -0.1) is 0 Å². The number of para-hydroxylation sites is 1. The van der Waals surface area contributed by atoms with Crippen LogP contribution in [0.1, 0.15) is 27.0 Å². The first-order valence-electron chi connectivity index (χ1n) is 10.0. The van der Waals surface area contributed by atoms with Gasteiger partial charge in [0.1, 0.15) is 4.90 Å². The molecule has 0 fully saturated rings. The Morgan fingerprint density at radius 2 is 1.61 bits per heavy atom. The Labute approximate surface area is 197 Å². The van der Waals surface area contributed by atoms with E-state index < -0.39 is 28.5 Å². The zero-order valence-electron chi connectivity index (χ0n) is 18.1. The lowest BCUT2D eigenvalue weighted by molar-refractivity contribution is -0.119. The summed E-state index contributed by atoms with van der Waals surface area (Å²) >= 11 is 6.08. The van der Waals surface area contributed by atoms with Crippen LogP contribution < -0.4 is 10.0 Å². The number of ether oxygens (including phenoxy) is 1. The maximum atomic E-state index is 12.7. The summed E-state index contributed by atoms with van der Waals surface area (Å²) in [6, 6.07) is 18.3. The first-order valence-corrected chi connectivity index (χ1v) is 11.9. The van der Waals surface area contributed by atoms with Crippen LogP contribution in [-0.4, -0.2) is 26.9 Å².